The van der Waals surface area contributed by atoms with Crippen LogP contribution < -0.4 is 5.32 Å². The number of nitrogens with one attached hydrogen (secondary N) is 1. The third-order valence-electron chi connectivity index (χ3n) is 2.99. The lowest BCUT2D eigenvalue weighted by molar-refractivity contribution is 0.0908. The summed E-state index contributed by atoms with van der Waals surface area (Å²) in [6.45, 7) is 3.78. The van der Waals surface area contributed by atoms with Gasteiger partial charge in [0.2, 0.25) is 0 Å². The van der Waals surface area contributed by atoms with Crippen LogP contribution in [0.5, 0.6) is 0 Å². The molecule has 0 bridgehead atoms. The van der Waals surface area contributed by atoms with Gasteiger partial charge in [0.25, 0.3) is 0 Å². The van der Waals surface area contributed by atoms with E-state index in [4.69, 9.17) is 11.6 Å². The predicted octanol–water partition coefficient (Wildman–Crippen LogP) is 2.38. The first kappa shape index (κ1) is 10.7. The van der Waals surface area contributed by atoms with E-state index in [1.54, 1.807) is 12.1 Å². The Morgan fingerprint density at radius 1 is 1.40 bits per heavy atom. The molecule has 1 aliphatic heterocycles. The van der Waals surface area contributed by atoms with E-state index < -0.39 is 0 Å². The maximum atomic E-state index is 12.2. The molecule has 1 aromatic rings. The topological polar surface area (TPSA) is 29.1 Å². The van der Waals surface area contributed by atoms with Crippen molar-refractivity contribution in [2.75, 3.05) is 13.1 Å². The van der Waals surface area contributed by atoms with E-state index in [2.05, 4.69) is 12.2 Å². The summed E-state index contributed by atoms with van der Waals surface area (Å²) in [5, 5.41) is 3.79. The fourth-order valence-electron chi connectivity index (χ4n) is 2.02. The molecular formula is C12H14ClNO. The molecule has 1 saturated heterocycles. The number of ketones is 1. The Morgan fingerprint density at radius 3 is 2.73 bits per heavy atom. The lowest BCUT2D eigenvalue weighted by Crippen LogP contribution is -2.21. The Bertz CT molecular complexity index is 378. The molecular weight excluding hydrogens is 210 g/mol. The van der Waals surface area contributed by atoms with Crippen molar-refractivity contribution in [3.05, 3.63) is 34.9 Å². The van der Waals surface area contributed by atoms with E-state index in [1.807, 2.05) is 12.1 Å². The maximum absolute atomic E-state index is 12.2. The van der Waals surface area contributed by atoms with Crippen molar-refractivity contribution in [3.63, 3.8) is 0 Å². The molecule has 2 rings (SSSR count). The Balaban J connectivity index is 2.24. The standard InChI is InChI=1S/C12H14ClNO/c1-8-6-14-7-10(8)12(15)9-4-2-3-5-11(9)13/h2-5,8,10,14H,6-7H2,1H3. The van der Waals surface area contributed by atoms with Crippen LogP contribution in [0.2, 0.25) is 5.02 Å². The molecule has 0 aromatic heterocycles. The van der Waals surface area contributed by atoms with Crippen molar-refractivity contribution in [2.24, 2.45) is 11.8 Å². The van der Waals surface area contributed by atoms with E-state index in [0.717, 1.165) is 13.1 Å². The van der Waals surface area contributed by atoms with Crippen LogP contribution in [0.4, 0.5) is 0 Å². The number of rotatable bonds is 2. The number of carbonyl (C=O) groups is 1. The molecule has 1 heterocycles. The van der Waals surface area contributed by atoms with Crippen LogP contribution in [0.1, 0.15) is 17.3 Å². The number of benzene rings is 1. The van der Waals surface area contributed by atoms with Crippen LogP contribution >= 0.6 is 11.6 Å². The summed E-state index contributed by atoms with van der Waals surface area (Å²) in [6, 6.07) is 7.26. The minimum atomic E-state index is 0.0740. The highest BCUT2D eigenvalue weighted by Gasteiger charge is 2.30. The highest BCUT2D eigenvalue weighted by molar-refractivity contribution is 6.34. The zero-order chi connectivity index (χ0) is 10.8. The number of hydrogen-bond acceptors (Lipinski definition) is 2. The highest BCUT2D eigenvalue weighted by Crippen LogP contribution is 2.24. The molecule has 0 radical (unpaired) electrons. The molecule has 0 aliphatic carbocycles. The molecule has 0 spiro atoms. The molecule has 1 fully saturated rings. The Hall–Kier alpha value is -0.860. The molecule has 15 heavy (non-hydrogen) atoms. The van der Waals surface area contributed by atoms with Gasteiger partial charge in [-0.15, -0.1) is 0 Å². The molecule has 80 valence electrons. The molecule has 1 aromatic carbocycles. The van der Waals surface area contributed by atoms with E-state index in [-0.39, 0.29) is 11.7 Å². The molecule has 2 unspecified atom stereocenters. The first-order valence-electron chi connectivity index (χ1n) is 5.19. The van der Waals surface area contributed by atoms with Gasteiger partial charge in [-0.2, -0.15) is 0 Å². The van der Waals surface area contributed by atoms with Crippen LogP contribution in [0.25, 0.3) is 0 Å². The van der Waals surface area contributed by atoms with Gasteiger partial charge < -0.3 is 5.32 Å². The second-order valence-corrected chi connectivity index (χ2v) is 4.49. The van der Waals surface area contributed by atoms with Gasteiger partial charge in [-0.05, 0) is 24.6 Å². The van der Waals surface area contributed by atoms with Crippen molar-refractivity contribution >= 4 is 17.4 Å². The SMILES string of the molecule is CC1CNCC1C(=O)c1ccccc1Cl. The highest BCUT2D eigenvalue weighted by atomic mass is 35.5. The minimum Gasteiger partial charge on any atom is -0.316 e. The third-order valence-corrected chi connectivity index (χ3v) is 3.32. The van der Waals surface area contributed by atoms with Gasteiger partial charge in [0.15, 0.2) is 5.78 Å². The summed E-state index contributed by atoms with van der Waals surface area (Å²) in [5.74, 6) is 0.636. The Kier molecular flexibility index (Phi) is 3.08. The van der Waals surface area contributed by atoms with Crippen LogP contribution in [0.15, 0.2) is 24.3 Å². The Labute approximate surface area is 94.6 Å². The van der Waals surface area contributed by atoms with Crippen molar-refractivity contribution in [3.8, 4) is 0 Å². The summed E-state index contributed by atoms with van der Waals surface area (Å²) in [6.07, 6.45) is 0. The van der Waals surface area contributed by atoms with Crippen molar-refractivity contribution in [1.29, 1.82) is 0 Å². The molecule has 0 saturated carbocycles. The smallest absolute Gasteiger partial charge is 0.169 e. The predicted molar refractivity (Wildman–Crippen MR) is 61.3 cm³/mol. The normalized spacial score (nSPS) is 25.5. The van der Waals surface area contributed by atoms with Gasteiger partial charge in [0.1, 0.15) is 0 Å². The molecule has 3 heteroatoms. The van der Waals surface area contributed by atoms with Crippen LogP contribution in [0, 0.1) is 11.8 Å². The molecule has 1 N–H and O–H groups in total. The van der Waals surface area contributed by atoms with Crippen molar-refractivity contribution in [1.82, 2.24) is 5.32 Å². The van der Waals surface area contributed by atoms with Crippen LogP contribution in [0.3, 0.4) is 0 Å². The van der Waals surface area contributed by atoms with Crippen LogP contribution in [-0.4, -0.2) is 18.9 Å². The number of Topliss-reactive ketones (excluding diaryl/α,β-unsaturated/α-hetero) is 1. The minimum absolute atomic E-state index is 0.0740. The first-order valence-corrected chi connectivity index (χ1v) is 5.57. The lowest BCUT2D eigenvalue weighted by Gasteiger charge is -2.13. The van der Waals surface area contributed by atoms with Gasteiger partial charge in [0, 0.05) is 18.0 Å². The largest absolute Gasteiger partial charge is 0.316 e. The summed E-state index contributed by atoms with van der Waals surface area (Å²) < 4.78 is 0. The third kappa shape index (κ3) is 2.06. The fraction of sp³-hybridized carbons (Fsp3) is 0.417. The van der Waals surface area contributed by atoms with Gasteiger partial charge in [-0.3, -0.25) is 4.79 Å². The van der Waals surface area contributed by atoms with Crippen molar-refractivity contribution in [2.45, 2.75) is 6.92 Å². The van der Waals surface area contributed by atoms with E-state index in [0.29, 0.717) is 16.5 Å². The monoisotopic (exact) mass is 223 g/mol. The molecule has 0 amide bonds. The molecule has 1 aliphatic rings. The zero-order valence-electron chi connectivity index (χ0n) is 8.66. The zero-order valence-corrected chi connectivity index (χ0v) is 9.42. The number of halogens is 1. The van der Waals surface area contributed by atoms with E-state index >= 15 is 0 Å². The average molecular weight is 224 g/mol. The van der Waals surface area contributed by atoms with E-state index in [9.17, 15) is 4.79 Å². The van der Waals surface area contributed by atoms with Gasteiger partial charge in [-0.1, -0.05) is 30.7 Å². The van der Waals surface area contributed by atoms with Gasteiger partial charge >= 0.3 is 0 Å². The maximum Gasteiger partial charge on any atom is 0.169 e. The van der Waals surface area contributed by atoms with Gasteiger partial charge in [0.05, 0.1) is 5.02 Å². The van der Waals surface area contributed by atoms with Crippen molar-refractivity contribution < 1.29 is 4.79 Å². The summed E-state index contributed by atoms with van der Waals surface area (Å²) >= 11 is 6.00. The van der Waals surface area contributed by atoms with Gasteiger partial charge in [-0.25, -0.2) is 0 Å². The van der Waals surface area contributed by atoms with E-state index in [1.165, 1.54) is 0 Å². The van der Waals surface area contributed by atoms with Crippen LogP contribution in [-0.2, 0) is 0 Å². The summed E-state index contributed by atoms with van der Waals surface area (Å²) in [4.78, 5) is 12.2. The number of hydrogen-bond donors (Lipinski definition) is 1. The Morgan fingerprint density at radius 2 is 2.13 bits per heavy atom. The first-order chi connectivity index (χ1) is 7.20. The summed E-state index contributed by atoms with van der Waals surface area (Å²) in [7, 11) is 0. The average Bonchev–Trinajstić information content (AvgIpc) is 2.64. The quantitative estimate of drug-likeness (QED) is 0.780. The summed E-state index contributed by atoms with van der Waals surface area (Å²) in [5.41, 5.74) is 0.653. The molecule has 2 nitrogen and oxygen atoms in total. The second kappa shape index (κ2) is 4.33. The fourth-order valence-corrected chi connectivity index (χ4v) is 2.25. The lowest BCUT2D eigenvalue weighted by atomic mass is 9.90. The molecule has 2 atom stereocenters. The number of carbonyl (C=O) groups excluding carboxylic acids is 1. The second-order valence-electron chi connectivity index (χ2n) is 4.09.